The predicted molar refractivity (Wildman–Crippen MR) is 128 cm³/mol. The maximum Gasteiger partial charge on any atom is 0.357 e. The lowest BCUT2D eigenvalue weighted by Gasteiger charge is -2.32. The first kappa shape index (κ1) is 29.1. The molecule has 1 aromatic heterocycles. The van der Waals surface area contributed by atoms with E-state index in [0.29, 0.717) is 0 Å². The number of nitrogens with zero attached hydrogens (tertiary/aromatic N) is 3. The summed E-state index contributed by atoms with van der Waals surface area (Å²) in [5, 5.41) is 0. The Morgan fingerprint density at radius 1 is 0.618 bits per heavy atom. The number of amides is 2. The fourth-order valence-electron chi connectivity index (χ4n) is 3.84. The van der Waals surface area contributed by atoms with Gasteiger partial charge in [-0.25, -0.2) is 14.6 Å². The summed E-state index contributed by atoms with van der Waals surface area (Å²) in [4.78, 5) is 57.9. The second-order valence-electron chi connectivity index (χ2n) is 9.37. The molecule has 0 radical (unpaired) electrons. The molecule has 2 amide bonds. The fourth-order valence-corrected chi connectivity index (χ4v) is 3.84. The summed E-state index contributed by atoms with van der Waals surface area (Å²) in [5.41, 5.74) is -0.278. The van der Waals surface area contributed by atoms with Crippen molar-refractivity contribution in [1.29, 1.82) is 0 Å². The van der Waals surface area contributed by atoms with Crippen LogP contribution in [0.5, 0.6) is 0 Å². The quantitative estimate of drug-likeness (QED) is 0.475. The summed E-state index contributed by atoms with van der Waals surface area (Å²) in [5.74, 6) is -2.31. The molecule has 0 aliphatic heterocycles. The van der Waals surface area contributed by atoms with Crippen LogP contribution in [0.3, 0.4) is 0 Å². The maximum absolute atomic E-state index is 12.7. The van der Waals surface area contributed by atoms with E-state index >= 15 is 0 Å². The maximum atomic E-state index is 12.7. The van der Waals surface area contributed by atoms with Crippen molar-refractivity contribution in [2.45, 2.75) is 106 Å². The Bertz CT molecular complexity index is 798. The minimum Gasteiger partial charge on any atom is -0.448 e. The molecule has 0 aliphatic carbocycles. The first-order valence-electron chi connectivity index (χ1n) is 11.7. The van der Waals surface area contributed by atoms with Crippen LogP contribution < -0.4 is 0 Å². The highest BCUT2D eigenvalue weighted by Gasteiger charge is 2.30. The van der Waals surface area contributed by atoms with E-state index in [1.165, 1.54) is 32.0 Å². The van der Waals surface area contributed by atoms with E-state index in [4.69, 9.17) is 9.47 Å². The van der Waals surface area contributed by atoms with Gasteiger partial charge in [-0.3, -0.25) is 9.59 Å². The van der Waals surface area contributed by atoms with Crippen molar-refractivity contribution in [3.8, 4) is 0 Å². The SMILES string of the molecule is CC(C)N(C(=O)[C@H](C)OC(=O)c1cccc(C(=O)O[C@H](C)C(=O)N(C(C)C)C(C)C)n1)C(C)C. The van der Waals surface area contributed by atoms with Crippen LogP contribution in [0.25, 0.3) is 0 Å². The van der Waals surface area contributed by atoms with Crippen LogP contribution in [0.2, 0.25) is 0 Å². The molecule has 190 valence electrons. The second-order valence-corrected chi connectivity index (χ2v) is 9.37. The Morgan fingerprint density at radius 2 is 0.912 bits per heavy atom. The van der Waals surface area contributed by atoms with Crippen LogP contribution in [-0.2, 0) is 19.1 Å². The lowest BCUT2D eigenvalue weighted by Crippen LogP contribution is -2.47. The summed E-state index contributed by atoms with van der Waals surface area (Å²) in [6.07, 6.45) is -2.05. The first-order valence-corrected chi connectivity index (χ1v) is 11.7. The van der Waals surface area contributed by atoms with E-state index in [9.17, 15) is 19.2 Å². The van der Waals surface area contributed by atoms with Gasteiger partial charge in [0.1, 0.15) is 11.4 Å². The van der Waals surface area contributed by atoms with Gasteiger partial charge in [-0.05, 0) is 81.4 Å². The van der Waals surface area contributed by atoms with Crippen LogP contribution in [0.1, 0.15) is 90.2 Å². The first-order chi connectivity index (χ1) is 15.7. The van der Waals surface area contributed by atoms with Crippen molar-refractivity contribution in [2.75, 3.05) is 0 Å². The zero-order chi connectivity index (χ0) is 26.3. The van der Waals surface area contributed by atoms with Gasteiger partial charge < -0.3 is 19.3 Å². The molecule has 1 rings (SSSR count). The highest BCUT2D eigenvalue weighted by molar-refractivity contribution is 5.94. The lowest BCUT2D eigenvalue weighted by molar-refractivity contribution is -0.144. The molecule has 0 saturated carbocycles. The number of hydrogen-bond acceptors (Lipinski definition) is 7. The third-order valence-corrected chi connectivity index (χ3v) is 5.16. The Morgan fingerprint density at radius 3 is 1.18 bits per heavy atom. The largest absolute Gasteiger partial charge is 0.448 e. The molecule has 9 heteroatoms. The van der Waals surface area contributed by atoms with Crippen molar-refractivity contribution in [1.82, 2.24) is 14.8 Å². The third-order valence-electron chi connectivity index (χ3n) is 5.16. The van der Waals surface area contributed by atoms with Crippen molar-refractivity contribution >= 4 is 23.8 Å². The smallest absolute Gasteiger partial charge is 0.357 e. The van der Waals surface area contributed by atoms with Gasteiger partial charge in [0.25, 0.3) is 11.8 Å². The van der Waals surface area contributed by atoms with E-state index in [1.54, 1.807) is 9.80 Å². The molecule has 0 bridgehead atoms. The number of rotatable bonds is 10. The Hall–Kier alpha value is -2.97. The molecule has 0 spiro atoms. The van der Waals surface area contributed by atoms with E-state index in [1.807, 2.05) is 55.4 Å². The molecule has 0 aliphatic rings. The zero-order valence-electron chi connectivity index (χ0n) is 22.0. The number of esters is 2. The molecule has 1 heterocycles. The Kier molecular flexibility index (Phi) is 10.7. The number of pyridine rings is 1. The average molecular weight is 478 g/mol. The van der Waals surface area contributed by atoms with Gasteiger partial charge in [-0.1, -0.05) is 6.07 Å². The van der Waals surface area contributed by atoms with Gasteiger partial charge in [-0.15, -0.1) is 0 Å². The highest BCUT2D eigenvalue weighted by Crippen LogP contribution is 2.13. The number of aromatic nitrogens is 1. The molecule has 0 unspecified atom stereocenters. The number of ether oxygens (including phenoxy) is 2. The van der Waals surface area contributed by atoms with Crippen molar-refractivity contribution in [3.63, 3.8) is 0 Å². The highest BCUT2D eigenvalue weighted by atomic mass is 16.6. The van der Waals surface area contributed by atoms with Gasteiger partial charge in [0, 0.05) is 24.2 Å². The average Bonchev–Trinajstić information content (AvgIpc) is 2.72. The normalized spacial score (nSPS) is 13.1. The van der Waals surface area contributed by atoms with E-state index < -0.39 is 24.1 Å². The summed E-state index contributed by atoms with van der Waals surface area (Å²) in [6, 6.07) is 3.99. The molecule has 0 N–H and O–H groups in total. The zero-order valence-corrected chi connectivity index (χ0v) is 22.0. The molecule has 34 heavy (non-hydrogen) atoms. The number of carbonyl (C=O) groups is 4. The van der Waals surface area contributed by atoms with Gasteiger partial charge in [0.2, 0.25) is 0 Å². The molecule has 2 atom stereocenters. The van der Waals surface area contributed by atoms with E-state index in [-0.39, 0.29) is 47.4 Å². The summed E-state index contributed by atoms with van der Waals surface area (Å²) in [6.45, 7) is 18.1. The Balaban J connectivity index is 2.93. The molecule has 0 saturated heterocycles. The van der Waals surface area contributed by atoms with Crippen LogP contribution in [0.4, 0.5) is 0 Å². The molecular weight excluding hydrogens is 438 g/mol. The topological polar surface area (TPSA) is 106 Å². The predicted octanol–water partition coefficient (Wildman–Crippen LogP) is 3.46. The summed E-state index contributed by atoms with van der Waals surface area (Å²) >= 11 is 0. The lowest BCUT2D eigenvalue weighted by atomic mass is 10.2. The summed E-state index contributed by atoms with van der Waals surface area (Å²) in [7, 11) is 0. The van der Waals surface area contributed by atoms with Crippen LogP contribution in [0, 0.1) is 0 Å². The van der Waals surface area contributed by atoms with Crippen molar-refractivity contribution in [3.05, 3.63) is 29.6 Å². The van der Waals surface area contributed by atoms with E-state index in [0.717, 1.165) is 0 Å². The second kappa shape index (κ2) is 12.5. The molecular formula is C25H39N3O6. The molecule has 9 nitrogen and oxygen atoms in total. The van der Waals surface area contributed by atoms with Crippen molar-refractivity contribution < 1.29 is 28.7 Å². The fraction of sp³-hybridized carbons (Fsp3) is 0.640. The number of carbonyl (C=O) groups excluding carboxylic acids is 4. The van der Waals surface area contributed by atoms with Crippen LogP contribution in [0.15, 0.2) is 18.2 Å². The Labute approximate surface area is 202 Å². The minimum atomic E-state index is -1.02. The number of hydrogen-bond donors (Lipinski definition) is 0. The summed E-state index contributed by atoms with van der Waals surface area (Å²) < 4.78 is 10.6. The molecule has 0 fully saturated rings. The molecule has 1 aromatic rings. The van der Waals surface area contributed by atoms with Crippen molar-refractivity contribution in [2.24, 2.45) is 0 Å². The van der Waals surface area contributed by atoms with Crippen LogP contribution >= 0.6 is 0 Å². The van der Waals surface area contributed by atoms with Crippen LogP contribution in [-0.4, -0.2) is 74.9 Å². The third kappa shape index (κ3) is 7.53. The van der Waals surface area contributed by atoms with Gasteiger partial charge in [0.15, 0.2) is 12.2 Å². The van der Waals surface area contributed by atoms with E-state index in [2.05, 4.69) is 4.98 Å². The monoisotopic (exact) mass is 477 g/mol. The van der Waals surface area contributed by atoms with Gasteiger partial charge in [0.05, 0.1) is 0 Å². The standard InChI is InChI=1S/C25H39N3O6/c1-14(2)27(15(3)4)22(29)18(9)33-24(31)20-12-11-13-21(26-20)25(32)34-19(10)23(30)28(16(5)6)17(7)8/h11-19H,1-10H3/t18-,19+. The van der Waals surface area contributed by atoms with Gasteiger partial charge in [-0.2, -0.15) is 0 Å². The minimum absolute atomic E-state index is 0.0584. The van der Waals surface area contributed by atoms with Gasteiger partial charge >= 0.3 is 11.9 Å². The molecule has 0 aromatic carbocycles.